The van der Waals surface area contributed by atoms with Crippen LogP contribution < -0.4 is 16.0 Å². The van der Waals surface area contributed by atoms with Gasteiger partial charge in [-0.15, -0.1) is 0 Å². The number of aromatic nitrogens is 2. The summed E-state index contributed by atoms with van der Waals surface area (Å²) in [5, 5.41) is 3.05. The van der Waals surface area contributed by atoms with Crippen LogP contribution in [0, 0.1) is 0 Å². The molecule has 0 amide bonds. The number of rotatable bonds is 4. The van der Waals surface area contributed by atoms with Crippen LogP contribution in [0.3, 0.4) is 0 Å². The minimum absolute atomic E-state index is 0.0959. The Bertz CT molecular complexity index is 641. The summed E-state index contributed by atoms with van der Waals surface area (Å²) >= 11 is 0. The summed E-state index contributed by atoms with van der Waals surface area (Å²) in [6.45, 7) is 2.29. The molecule has 1 aromatic heterocycles. The molecular formula is C14H19N3O2. The van der Waals surface area contributed by atoms with E-state index in [9.17, 15) is 4.79 Å². The summed E-state index contributed by atoms with van der Waals surface area (Å²) in [6.07, 6.45) is 0.923. The van der Waals surface area contributed by atoms with Crippen LogP contribution in [0.5, 0.6) is 5.75 Å². The van der Waals surface area contributed by atoms with E-state index in [-0.39, 0.29) is 12.1 Å². The Morgan fingerprint density at radius 1 is 1.42 bits per heavy atom. The van der Waals surface area contributed by atoms with Gasteiger partial charge in [0.15, 0.2) is 0 Å². The van der Waals surface area contributed by atoms with Crippen LogP contribution in [0.2, 0.25) is 0 Å². The molecule has 0 spiro atoms. The van der Waals surface area contributed by atoms with E-state index in [0.29, 0.717) is 5.56 Å². The van der Waals surface area contributed by atoms with E-state index in [1.165, 1.54) is 10.2 Å². The van der Waals surface area contributed by atoms with Crippen LogP contribution in [0.1, 0.15) is 18.1 Å². The third kappa shape index (κ3) is 2.29. The lowest BCUT2D eigenvalue weighted by Crippen LogP contribution is -2.17. The maximum absolute atomic E-state index is 12.0. The highest BCUT2D eigenvalue weighted by atomic mass is 16.5. The summed E-state index contributed by atoms with van der Waals surface area (Å²) in [4.78, 5) is 12.0. The molecule has 5 nitrogen and oxygen atoms in total. The molecule has 3 N–H and O–H groups in total. The summed E-state index contributed by atoms with van der Waals surface area (Å²) in [6, 6.07) is 5.97. The number of hydrogen-bond acceptors (Lipinski definition) is 3. The minimum Gasteiger partial charge on any atom is -0.496 e. The number of H-pyrrole nitrogens is 1. The van der Waals surface area contributed by atoms with Gasteiger partial charge in [-0.1, -0.05) is 13.0 Å². The highest BCUT2D eigenvalue weighted by molar-refractivity contribution is 5.70. The van der Waals surface area contributed by atoms with Gasteiger partial charge in [0.05, 0.1) is 18.4 Å². The average molecular weight is 261 g/mol. The van der Waals surface area contributed by atoms with E-state index in [1.807, 2.05) is 18.2 Å². The van der Waals surface area contributed by atoms with Crippen molar-refractivity contribution in [3.63, 3.8) is 0 Å². The Morgan fingerprint density at radius 3 is 2.74 bits per heavy atom. The maximum atomic E-state index is 12.0. The number of aryl methyl sites for hydroxylation is 2. The largest absolute Gasteiger partial charge is 0.496 e. The number of nitrogens with two attached hydrogens (primary N) is 1. The molecule has 0 radical (unpaired) electrons. The number of aromatic amines is 1. The van der Waals surface area contributed by atoms with E-state index < -0.39 is 0 Å². The molecule has 0 saturated heterocycles. The first kappa shape index (κ1) is 13.4. The van der Waals surface area contributed by atoms with Crippen LogP contribution in [0.25, 0.3) is 11.3 Å². The minimum atomic E-state index is -0.0959. The Morgan fingerprint density at radius 2 is 2.16 bits per heavy atom. The quantitative estimate of drug-likeness (QED) is 0.874. The maximum Gasteiger partial charge on any atom is 0.271 e. The molecule has 0 atom stereocenters. The van der Waals surface area contributed by atoms with Crippen molar-refractivity contribution in [2.45, 2.75) is 19.9 Å². The fourth-order valence-corrected chi connectivity index (χ4v) is 2.18. The predicted octanol–water partition coefficient (Wildman–Crippen LogP) is 1.41. The summed E-state index contributed by atoms with van der Waals surface area (Å²) in [7, 11) is 3.30. The van der Waals surface area contributed by atoms with Crippen molar-refractivity contribution in [2.24, 2.45) is 12.8 Å². The second kappa shape index (κ2) is 5.32. The SMILES string of the molecule is CCc1ccc(OC)c(-c2[nH]n(C)c(=O)c2CN)c1. The molecule has 0 unspecified atom stereocenters. The highest BCUT2D eigenvalue weighted by Gasteiger charge is 2.16. The molecule has 2 rings (SSSR count). The molecular weight excluding hydrogens is 242 g/mol. The molecule has 2 aromatic rings. The highest BCUT2D eigenvalue weighted by Crippen LogP contribution is 2.31. The zero-order valence-corrected chi connectivity index (χ0v) is 11.5. The molecule has 1 aromatic carbocycles. The first-order valence-corrected chi connectivity index (χ1v) is 6.27. The van der Waals surface area contributed by atoms with E-state index in [0.717, 1.165) is 23.4 Å². The lowest BCUT2D eigenvalue weighted by Gasteiger charge is -2.10. The van der Waals surface area contributed by atoms with Gasteiger partial charge in [-0.25, -0.2) is 0 Å². The zero-order chi connectivity index (χ0) is 14.0. The fourth-order valence-electron chi connectivity index (χ4n) is 2.18. The second-order valence-electron chi connectivity index (χ2n) is 4.42. The third-order valence-corrected chi connectivity index (χ3v) is 3.29. The molecule has 1 heterocycles. The van der Waals surface area contributed by atoms with Gasteiger partial charge < -0.3 is 10.5 Å². The van der Waals surface area contributed by atoms with Crippen LogP contribution in [-0.4, -0.2) is 16.9 Å². The van der Waals surface area contributed by atoms with Gasteiger partial charge in [-0.2, -0.15) is 0 Å². The Kier molecular flexibility index (Phi) is 3.76. The van der Waals surface area contributed by atoms with Crippen molar-refractivity contribution in [2.75, 3.05) is 7.11 Å². The van der Waals surface area contributed by atoms with E-state index in [1.54, 1.807) is 14.2 Å². The second-order valence-corrected chi connectivity index (χ2v) is 4.42. The number of nitrogens with zero attached hydrogens (tertiary/aromatic N) is 1. The Labute approximate surface area is 112 Å². The van der Waals surface area contributed by atoms with Crippen LogP contribution in [0.15, 0.2) is 23.0 Å². The van der Waals surface area contributed by atoms with Gasteiger partial charge in [-0.3, -0.25) is 14.6 Å². The molecule has 5 heteroatoms. The zero-order valence-electron chi connectivity index (χ0n) is 11.5. The Balaban J connectivity index is 2.70. The molecule has 0 aliphatic heterocycles. The van der Waals surface area contributed by atoms with Gasteiger partial charge >= 0.3 is 0 Å². The smallest absolute Gasteiger partial charge is 0.271 e. The molecule has 102 valence electrons. The first-order chi connectivity index (χ1) is 9.12. The standard InChI is InChI=1S/C14H19N3O2/c1-4-9-5-6-12(19-3)10(7-9)13-11(8-15)14(18)17(2)16-13/h5-7,16H,4,8,15H2,1-3H3. The first-order valence-electron chi connectivity index (χ1n) is 6.27. The van der Waals surface area contributed by atoms with Crippen LogP contribution >= 0.6 is 0 Å². The molecule has 0 aliphatic rings. The van der Waals surface area contributed by atoms with Crippen molar-refractivity contribution in [3.05, 3.63) is 39.7 Å². The molecule has 0 saturated carbocycles. The van der Waals surface area contributed by atoms with Crippen molar-refractivity contribution >= 4 is 0 Å². The van der Waals surface area contributed by atoms with Gasteiger partial charge in [-0.05, 0) is 24.1 Å². The monoisotopic (exact) mass is 261 g/mol. The van der Waals surface area contributed by atoms with Gasteiger partial charge in [0.25, 0.3) is 5.56 Å². The van der Waals surface area contributed by atoms with E-state index in [2.05, 4.69) is 12.0 Å². The summed E-state index contributed by atoms with van der Waals surface area (Å²) < 4.78 is 6.82. The molecule has 0 bridgehead atoms. The topological polar surface area (TPSA) is 73.0 Å². The van der Waals surface area contributed by atoms with Gasteiger partial charge in [0, 0.05) is 19.2 Å². The molecule has 0 aliphatic carbocycles. The lowest BCUT2D eigenvalue weighted by atomic mass is 10.0. The predicted molar refractivity (Wildman–Crippen MR) is 75.3 cm³/mol. The van der Waals surface area contributed by atoms with Gasteiger partial charge in [0.2, 0.25) is 0 Å². The van der Waals surface area contributed by atoms with Crippen molar-refractivity contribution < 1.29 is 4.74 Å². The average Bonchev–Trinajstić information content (AvgIpc) is 2.73. The lowest BCUT2D eigenvalue weighted by molar-refractivity contribution is 0.416. The molecule has 19 heavy (non-hydrogen) atoms. The number of methoxy groups -OCH3 is 1. The molecule has 0 fully saturated rings. The third-order valence-electron chi connectivity index (χ3n) is 3.29. The fraction of sp³-hybridized carbons (Fsp3) is 0.357. The van der Waals surface area contributed by atoms with Gasteiger partial charge in [0.1, 0.15) is 5.75 Å². The van der Waals surface area contributed by atoms with Crippen molar-refractivity contribution in [1.29, 1.82) is 0 Å². The van der Waals surface area contributed by atoms with Crippen LogP contribution in [-0.2, 0) is 20.0 Å². The summed E-state index contributed by atoms with van der Waals surface area (Å²) in [5.74, 6) is 0.730. The van der Waals surface area contributed by atoms with Crippen LogP contribution in [0.4, 0.5) is 0 Å². The van der Waals surface area contributed by atoms with Crippen molar-refractivity contribution in [1.82, 2.24) is 9.78 Å². The summed E-state index contributed by atoms with van der Waals surface area (Å²) in [5.41, 5.74) is 8.97. The number of benzene rings is 1. The Hall–Kier alpha value is -2.01. The van der Waals surface area contributed by atoms with E-state index in [4.69, 9.17) is 10.5 Å². The van der Waals surface area contributed by atoms with E-state index >= 15 is 0 Å². The van der Waals surface area contributed by atoms with Crippen molar-refractivity contribution in [3.8, 4) is 17.0 Å². The normalized spacial score (nSPS) is 10.7. The number of ether oxygens (including phenoxy) is 1. The number of nitrogens with one attached hydrogen (secondary N) is 1. The number of hydrogen-bond donors (Lipinski definition) is 2.